The number of hydrogen-bond donors (Lipinski definition) is 0. The number of fused-ring (bicyclic) bond motifs is 1. The zero-order chi connectivity index (χ0) is 20.7. The van der Waals surface area contributed by atoms with Gasteiger partial charge in [0.1, 0.15) is 0 Å². The summed E-state index contributed by atoms with van der Waals surface area (Å²) in [6.45, 7) is 6.99. The molecule has 0 spiro atoms. The highest BCUT2D eigenvalue weighted by Crippen LogP contribution is 2.33. The molecule has 2 aromatic heterocycles. The van der Waals surface area contributed by atoms with Crippen molar-refractivity contribution in [2.45, 2.75) is 13.8 Å². The number of benzene rings is 2. The van der Waals surface area contributed by atoms with E-state index < -0.39 is 0 Å². The summed E-state index contributed by atoms with van der Waals surface area (Å²) >= 11 is 1.68. The maximum Gasteiger partial charge on any atom is 0.254 e. The second kappa shape index (κ2) is 7.57. The van der Waals surface area contributed by atoms with E-state index in [1.807, 2.05) is 78.0 Å². The smallest absolute Gasteiger partial charge is 0.254 e. The molecule has 0 unspecified atom stereocenters. The highest BCUT2D eigenvalue weighted by atomic mass is 32.1. The number of para-hydroxylation sites is 1. The number of thiazole rings is 1. The highest BCUT2D eigenvalue weighted by Gasteiger charge is 2.25. The van der Waals surface area contributed by atoms with E-state index in [1.165, 1.54) is 0 Å². The molecule has 0 saturated carbocycles. The van der Waals surface area contributed by atoms with Crippen molar-refractivity contribution in [3.63, 3.8) is 0 Å². The van der Waals surface area contributed by atoms with Crippen molar-refractivity contribution in [2.24, 2.45) is 0 Å². The highest BCUT2D eigenvalue weighted by molar-refractivity contribution is 7.22. The quantitative estimate of drug-likeness (QED) is 0.504. The number of amides is 1. The lowest BCUT2D eigenvalue weighted by molar-refractivity contribution is 0.0746. The van der Waals surface area contributed by atoms with Crippen LogP contribution in [-0.4, -0.2) is 51.8 Å². The van der Waals surface area contributed by atoms with Gasteiger partial charge in [-0.2, -0.15) is 10.1 Å². The minimum absolute atomic E-state index is 0.118. The molecule has 4 aromatic rings. The van der Waals surface area contributed by atoms with E-state index in [2.05, 4.69) is 10.00 Å². The van der Waals surface area contributed by atoms with E-state index in [1.54, 1.807) is 11.3 Å². The van der Waals surface area contributed by atoms with E-state index in [4.69, 9.17) is 4.98 Å². The summed E-state index contributed by atoms with van der Waals surface area (Å²) in [5.74, 6) is 0.118. The van der Waals surface area contributed by atoms with E-state index in [0.29, 0.717) is 13.1 Å². The van der Waals surface area contributed by atoms with Gasteiger partial charge in [-0.3, -0.25) is 4.79 Å². The third-order valence-electron chi connectivity index (χ3n) is 5.59. The van der Waals surface area contributed by atoms with Crippen LogP contribution >= 0.6 is 11.3 Å². The molecule has 0 aliphatic carbocycles. The van der Waals surface area contributed by atoms with Gasteiger partial charge in [-0.25, -0.2) is 4.68 Å². The molecule has 0 atom stereocenters. The van der Waals surface area contributed by atoms with Gasteiger partial charge in [-0.1, -0.05) is 47.7 Å². The monoisotopic (exact) mass is 417 g/mol. The molecule has 0 radical (unpaired) electrons. The molecule has 152 valence electrons. The molecule has 1 amide bonds. The van der Waals surface area contributed by atoms with E-state index >= 15 is 0 Å². The number of aryl methyl sites for hydroxylation is 2. The minimum atomic E-state index is 0.118. The van der Waals surface area contributed by atoms with Gasteiger partial charge in [0, 0.05) is 31.7 Å². The first-order valence-corrected chi connectivity index (χ1v) is 10.9. The summed E-state index contributed by atoms with van der Waals surface area (Å²) in [5, 5.41) is 5.67. The molecule has 5 rings (SSSR count). The Kier molecular flexibility index (Phi) is 4.75. The van der Waals surface area contributed by atoms with Crippen molar-refractivity contribution in [3.05, 3.63) is 71.4 Å². The Morgan fingerprint density at radius 2 is 1.63 bits per heavy atom. The molecule has 6 nitrogen and oxygen atoms in total. The Morgan fingerprint density at radius 1 is 0.933 bits per heavy atom. The summed E-state index contributed by atoms with van der Waals surface area (Å²) in [6, 6.07) is 17.9. The molecule has 0 bridgehead atoms. The Morgan fingerprint density at radius 3 is 2.37 bits per heavy atom. The number of anilines is 1. The van der Waals surface area contributed by atoms with Crippen molar-refractivity contribution in [1.29, 1.82) is 0 Å². The molecule has 2 aromatic carbocycles. The van der Waals surface area contributed by atoms with Crippen molar-refractivity contribution in [1.82, 2.24) is 19.7 Å². The van der Waals surface area contributed by atoms with Crippen molar-refractivity contribution >= 4 is 32.7 Å². The number of carbonyl (C=O) groups excluding carboxylic acids is 1. The van der Waals surface area contributed by atoms with Gasteiger partial charge in [0.2, 0.25) is 0 Å². The van der Waals surface area contributed by atoms with Crippen LogP contribution in [0.25, 0.3) is 16.0 Å². The normalized spacial score (nSPS) is 14.5. The van der Waals surface area contributed by atoms with Crippen LogP contribution in [0.5, 0.6) is 0 Å². The van der Waals surface area contributed by atoms with Gasteiger partial charge in [0.05, 0.1) is 16.1 Å². The Hall–Kier alpha value is -3.19. The Bertz CT molecular complexity index is 1210. The summed E-state index contributed by atoms with van der Waals surface area (Å²) in [5.41, 5.74) is 4.73. The Balaban J connectivity index is 1.35. The second-order valence-corrected chi connectivity index (χ2v) is 8.55. The maximum atomic E-state index is 12.9. The summed E-state index contributed by atoms with van der Waals surface area (Å²) in [7, 11) is 0. The van der Waals surface area contributed by atoms with Crippen LogP contribution in [0.3, 0.4) is 0 Å². The van der Waals surface area contributed by atoms with Crippen LogP contribution in [0.15, 0.2) is 54.6 Å². The zero-order valence-corrected chi connectivity index (χ0v) is 17.9. The molecule has 1 fully saturated rings. The fourth-order valence-electron chi connectivity index (χ4n) is 3.89. The third-order valence-corrected chi connectivity index (χ3v) is 6.81. The van der Waals surface area contributed by atoms with Crippen LogP contribution in [-0.2, 0) is 0 Å². The summed E-state index contributed by atoms with van der Waals surface area (Å²) < 4.78 is 3.04. The largest absolute Gasteiger partial charge is 0.344 e. The van der Waals surface area contributed by atoms with Gasteiger partial charge in [0.25, 0.3) is 5.91 Å². The number of rotatable bonds is 3. The number of aromatic nitrogens is 3. The average molecular weight is 418 g/mol. The van der Waals surface area contributed by atoms with Gasteiger partial charge < -0.3 is 9.80 Å². The standard InChI is InChI=1S/C23H23N5OS/c1-16-8-6-7-11-19(16)22(29)26-12-14-27(15-13-26)23-24-21-20(30-23)17(2)25-28(21)18-9-4-3-5-10-18/h3-11H,12-15H2,1-2H3. The van der Waals surface area contributed by atoms with E-state index in [-0.39, 0.29) is 5.91 Å². The molecule has 3 heterocycles. The van der Waals surface area contributed by atoms with E-state index in [9.17, 15) is 4.79 Å². The topological polar surface area (TPSA) is 54.3 Å². The lowest BCUT2D eigenvalue weighted by Gasteiger charge is -2.34. The van der Waals surface area contributed by atoms with Crippen molar-refractivity contribution in [3.8, 4) is 5.69 Å². The van der Waals surface area contributed by atoms with E-state index in [0.717, 1.165) is 51.1 Å². The molecular weight excluding hydrogens is 394 g/mol. The zero-order valence-electron chi connectivity index (χ0n) is 17.1. The van der Waals surface area contributed by atoms with Crippen molar-refractivity contribution in [2.75, 3.05) is 31.1 Å². The average Bonchev–Trinajstić information content (AvgIpc) is 3.35. The minimum Gasteiger partial charge on any atom is -0.344 e. The molecule has 1 aliphatic heterocycles. The summed E-state index contributed by atoms with van der Waals surface area (Å²) in [4.78, 5) is 22.0. The maximum absolute atomic E-state index is 12.9. The first-order chi connectivity index (χ1) is 14.6. The molecular formula is C23H23N5OS. The molecule has 30 heavy (non-hydrogen) atoms. The lowest BCUT2D eigenvalue weighted by atomic mass is 10.1. The first kappa shape index (κ1) is 18.8. The van der Waals surface area contributed by atoms with Crippen LogP contribution in [0.2, 0.25) is 0 Å². The molecule has 7 heteroatoms. The Labute approximate surface area is 179 Å². The lowest BCUT2D eigenvalue weighted by Crippen LogP contribution is -2.48. The molecule has 1 aliphatic rings. The van der Waals surface area contributed by atoms with Crippen LogP contribution in [0.1, 0.15) is 21.6 Å². The first-order valence-electron chi connectivity index (χ1n) is 10.1. The van der Waals surface area contributed by atoms with Gasteiger partial charge in [-0.15, -0.1) is 0 Å². The van der Waals surface area contributed by atoms with Crippen LogP contribution in [0.4, 0.5) is 5.13 Å². The number of nitrogens with zero attached hydrogens (tertiary/aromatic N) is 5. The SMILES string of the molecule is Cc1ccccc1C(=O)N1CCN(c2nc3c(s2)c(C)nn3-c2ccccc2)CC1. The molecule has 0 N–H and O–H groups in total. The number of hydrogen-bond acceptors (Lipinski definition) is 5. The summed E-state index contributed by atoms with van der Waals surface area (Å²) in [6.07, 6.45) is 0. The number of carbonyl (C=O) groups is 1. The van der Waals surface area contributed by atoms with Gasteiger partial charge >= 0.3 is 0 Å². The fourth-order valence-corrected chi connectivity index (χ4v) is 4.93. The van der Waals surface area contributed by atoms with Crippen molar-refractivity contribution < 1.29 is 4.79 Å². The predicted molar refractivity (Wildman–Crippen MR) is 121 cm³/mol. The third kappa shape index (κ3) is 3.25. The van der Waals surface area contributed by atoms with Gasteiger partial charge in [-0.05, 0) is 37.6 Å². The number of piperazine rings is 1. The predicted octanol–water partition coefficient (Wildman–Crippen LogP) is 4.06. The van der Waals surface area contributed by atoms with Crippen LogP contribution < -0.4 is 4.90 Å². The van der Waals surface area contributed by atoms with Gasteiger partial charge in [0.15, 0.2) is 10.8 Å². The second-order valence-electron chi connectivity index (χ2n) is 7.58. The fraction of sp³-hybridized carbons (Fsp3) is 0.261. The van der Waals surface area contributed by atoms with Crippen LogP contribution in [0, 0.1) is 13.8 Å². The molecule has 1 saturated heterocycles.